The Balaban J connectivity index is 2.19. The van der Waals surface area contributed by atoms with E-state index in [1.165, 1.54) is 23.9 Å². The summed E-state index contributed by atoms with van der Waals surface area (Å²) in [5.41, 5.74) is 2.00. The Morgan fingerprint density at radius 2 is 2.05 bits per heavy atom. The van der Waals surface area contributed by atoms with E-state index in [2.05, 4.69) is 15.4 Å². The molecule has 0 bridgehead atoms. The second-order valence-electron chi connectivity index (χ2n) is 4.93. The van der Waals surface area contributed by atoms with Crippen LogP contribution in [0.1, 0.15) is 39.0 Å². The highest BCUT2D eigenvalue weighted by Gasteiger charge is 2.20. The largest absolute Gasteiger partial charge is 0.480 e. The number of aromatic amines is 1. The molecule has 0 aliphatic carbocycles. The molecule has 0 atom stereocenters. The van der Waals surface area contributed by atoms with Gasteiger partial charge >= 0.3 is 5.97 Å². The Labute approximate surface area is 126 Å². The number of rotatable bonds is 5. The molecule has 2 aromatic heterocycles. The van der Waals surface area contributed by atoms with Crippen molar-refractivity contribution in [1.82, 2.24) is 14.8 Å². The summed E-state index contributed by atoms with van der Waals surface area (Å²) in [7, 11) is 0. The first-order valence-electron chi connectivity index (χ1n) is 6.56. The molecule has 0 aliphatic rings. The quantitative estimate of drug-likeness (QED) is 0.721. The third kappa shape index (κ3) is 3.05. The summed E-state index contributed by atoms with van der Waals surface area (Å²) in [6.45, 7) is 4.57. The molecule has 8 heteroatoms. The molecule has 2 aromatic rings. The molecule has 0 saturated carbocycles. The second-order valence-corrected chi connectivity index (χ2v) is 4.93. The molecule has 0 unspecified atom stereocenters. The maximum absolute atomic E-state index is 12.2. The highest BCUT2D eigenvalue weighted by molar-refractivity contribution is 6.07. The van der Waals surface area contributed by atoms with E-state index in [1.54, 1.807) is 13.8 Å². The van der Waals surface area contributed by atoms with Gasteiger partial charge in [0.15, 0.2) is 11.6 Å². The van der Waals surface area contributed by atoms with Crippen LogP contribution < -0.4 is 5.32 Å². The average Bonchev–Trinajstić information content (AvgIpc) is 2.93. The van der Waals surface area contributed by atoms with Gasteiger partial charge in [0.2, 0.25) is 0 Å². The fourth-order valence-electron chi connectivity index (χ4n) is 2.34. The minimum Gasteiger partial charge on any atom is -0.480 e. The number of nitrogens with zero attached hydrogens (tertiary/aromatic N) is 2. The zero-order valence-corrected chi connectivity index (χ0v) is 12.4. The summed E-state index contributed by atoms with van der Waals surface area (Å²) < 4.78 is 1.20. The predicted octanol–water partition coefficient (Wildman–Crippen LogP) is 1.37. The number of carbonyl (C=O) groups is 3. The second kappa shape index (κ2) is 5.84. The summed E-state index contributed by atoms with van der Waals surface area (Å²) in [4.78, 5) is 37.3. The van der Waals surface area contributed by atoms with E-state index < -0.39 is 11.9 Å². The first-order chi connectivity index (χ1) is 10.3. The Kier molecular flexibility index (Phi) is 4.11. The van der Waals surface area contributed by atoms with Gasteiger partial charge in [0.05, 0.1) is 0 Å². The van der Waals surface area contributed by atoms with Crippen molar-refractivity contribution in [2.75, 3.05) is 5.32 Å². The number of carboxylic acid groups (broad SMARTS) is 1. The smallest absolute Gasteiger partial charge is 0.325 e. The van der Waals surface area contributed by atoms with E-state index in [1.807, 2.05) is 0 Å². The van der Waals surface area contributed by atoms with Crippen LogP contribution in [0.2, 0.25) is 0 Å². The van der Waals surface area contributed by atoms with E-state index in [4.69, 9.17) is 5.11 Å². The average molecular weight is 304 g/mol. The van der Waals surface area contributed by atoms with E-state index >= 15 is 0 Å². The van der Waals surface area contributed by atoms with E-state index in [-0.39, 0.29) is 23.8 Å². The number of aromatic nitrogens is 3. The van der Waals surface area contributed by atoms with Crippen molar-refractivity contribution in [2.45, 2.75) is 27.3 Å². The lowest BCUT2D eigenvalue weighted by molar-refractivity contribution is -0.137. The monoisotopic (exact) mass is 304 g/mol. The van der Waals surface area contributed by atoms with Crippen LogP contribution in [0.5, 0.6) is 0 Å². The molecule has 0 spiro atoms. The topological polar surface area (TPSA) is 117 Å². The van der Waals surface area contributed by atoms with Crippen LogP contribution in [0.3, 0.4) is 0 Å². The van der Waals surface area contributed by atoms with Crippen LogP contribution in [0.4, 0.5) is 5.82 Å². The third-order valence-electron chi connectivity index (χ3n) is 3.20. The molecule has 116 valence electrons. The molecule has 2 heterocycles. The van der Waals surface area contributed by atoms with Crippen molar-refractivity contribution in [1.29, 1.82) is 0 Å². The number of carboxylic acids is 1. The van der Waals surface area contributed by atoms with Gasteiger partial charge in [-0.1, -0.05) is 0 Å². The van der Waals surface area contributed by atoms with Gasteiger partial charge in [-0.3, -0.25) is 19.1 Å². The molecule has 0 fully saturated rings. The molecule has 0 radical (unpaired) electrons. The minimum atomic E-state index is -1.03. The van der Waals surface area contributed by atoms with Gasteiger partial charge in [-0.25, -0.2) is 0 Å². The number of nitrogens with one attached hydrogen (secondary N) is 2. The van der Waals surface area contributed by atoms with E-state index in [0.717, 1.165) is 0 Å². The molecule has 22 heavy (non-hydrogen) atoms. The molecule has 3 N–H and O–H groups in total. The first kappa shape index (κ1) is 15.5. The SMILES string of the molecule is CC(=O)c1c(C)[nH]c(C(=O)Nc2ccn(CC(=O)O)n2)c1C. The van der Waals surface area contributed by atoms with Gasteiger partial charge in [-0.15, -0.1) is 0 Å². The van der Waals surface area contributed by atoms with E-state index in [9.17, 15) is 14.4 Å². The zero-order valence-electron chi connectivity index (χ0n) is 12.4. The van der Waals surface area contributed by atoms with E-state index in [0.29, 0.717) is 16.8 Å². The number of ketones is 1. The lowest BCUT2D eigenvalue weighted by atomic mass is 10.1. The van der Waals surface area contributed by atoms with Gasteiger partial charge in [-0.05, 0) is 26.3 Å². The Hall–Kier alpha value is -2.90. The van der Waals surface area contributed by atoms with Crippen LogP contribution >= 0.6 is 0 Å². The number of hydrogen-bond acceptors (Lipinski definition) is 4. The van der Waals surface area contributed by atoms with Gasteiger partial charge in [-0.2, -0.15) is 5.10 Å². The summed E-state index contributed by atoms with van der Waals surface area (Å²) in [5.74, 6) is -1.34. The van der Waals surface area contributed by atoms with Crippen molar-refractivity contribution < 1.29 is 19.5 Å². The lowest BCUT2D eigenvalue weighted by Gasteiger charge is -2.02. The van der Waals surface area contributed by atoms with Crippen LogP contribution in [-0.4, -0.2) is 37.5 Å². The number of anilines is 1. The summed E-state index contributed by atoms with van der Waals surface area (Å²) in [6, 6.07) is 1.50. The van der Waals surface area contributed by atoms with Crippen molar-refractivity contribution >= 4 is 23.5 Å². The number of H-pyrrole nitrogens is 1. The maximum atomic E-state index is 12.2. The number of Topliss-reactive ketones (excluding diaryl/α,β-unsaturated/α-hetero) is 1. The van der Waals surface area contributed by atoms with Crippen LogP contribution in [0.15, 0.2) is 12.3 Å². The summed E-state index contributed by atoms with van der Waals surface area (Å²) >= 11 is 0. The molecule has 0 aromatic carbocycles. The Morgan fingerprint density at radius 3 is 2.59 bits per heavy atom. The van der Waals surface area contributed by atoms with Crippen molar-refractivity contribution in [3.05, 3.63) is 34.8 Å². The molecule has 0 aliphatic heterocycles. The highest BCUT2D eigenvalue weighted by Crippen LogP contribution is 2.19. The zero-order chi connectivity index (χ0) is 16.4. The first-order valence-corrected chi connectivity index (χ1v) is 6.56. The Morgan fingerprint density at radius 1 is 1.36 bits per heavy atom. The van der Waals surface area contributed by atoms with Crippen LogP contribution in [0.25, 0.3) is 0 Å². The normalized spacial score (nSPS) is 10.5. The fraction of sp³-hybridized carbons (Fsp3) is 0.286. The minimum absolute atomic E-state index is 0.115. The molecular formula is C14H16N4O4. The van der Waals surface area contributed by atoms with Gasteiger partial charge in [0.1, 0.15) is 12.2 Å². The number of aryl methyl sites for hydroxylation is 1. The fourth-order valence-corrected chi connectivity index (χ4v) is 2.34. The summed E-state index contributed by atoms with van der Waals surface area (Å²) in [5, 5.41) is 15.2. The number of aliphatic carboxylic acids is 1. The van der Waals surface area contributed by atoms with Crippen molar-refractivity contribution in [2.24, 2.45) is 0 Å². The van der Waals surface area contributed by atoms with Crippen LogP contribution in [0, 0.1) is 13.8 Å². The molecule has 2 rings (SSSR count). The molecular weight excluding hydrogens is 288 g/mol. The van der Waals surface area contributed by atoms with Gasteiger partial charge in [0.25, 0.3) is 5.91 Å². The molecule has 8 nitrogen and oxygen atoms in total. The molecule has 0 saturated heterocycles. The number of hydrogen-bond donors (Lipinski definition) is 3. The van der Waals surface area contributed by atoms with Crippen LogP contribution in [-0.2, 0) is 11.3 Å². The van der Waals surface area contributed by atoms with Crippen molar-refractivity contribution in [3.63, 3.8) is 0 Å². The molecule has 1 amide bonds. The van der Waals surface area contributed by atoms with Crippen molar-refractivity contribution in [3.8, 4) is 0 Å². The number of amides is 1. The standard InChI is InChI=1S/C14H16N4O4/c1-7-12(9(3)19)8(2)15-13(7)14(22)16-10-4-5-18(17-10)6-11(20)21/h4-5,15H,6H2,1-3H3,(H,20,21)(H,16,17,22). The van der Waals surface area contributed by atoms with Gasteiger partial charge in [0, 0.05) is 23.5 Å². The third-order valence-corrected chi connectivity index (χ3v) is 3.20. The number of carbonyl (C=O) groups excluding carboxylic acids is 2. The maximum Gasteiger partial charge on any atom is 0.325 e. The van der Waals surface area contributed by atoms with Gasteiger partial charge < -0.3 is 15.4 Å². The predicted molar refractivity (Wildman–Crippen MR) is 78.1 cm³/mol. The highest BCUT2D eigenvalue weighted by atomic mass is 16.4. The lowest BCUT2D eigenvalue weighted by Crippen LogP contribution is -2.15. The Bertz CT molecular complexity index is 757. The summed E-state index contributed by atoms with van der Waals surface area (Å²) in [6.07, 6.45) is 1.46.